The normalized spacial score (nSPS) is 17.2. The van der Waals surface area contributed by atoms with Crippen molar-refractivity contribution in [2.24, 2.45) is 0 Å². The van der Waals surface area contributed by atoms with E-state index in [9.17, 15) is 26.4 Å². The lowest BCUT2D eigenvalue weighted by Gasteiger charge is -2.27. The molecule has 5 nitrogen and oxygen atoms in total. The van der Waals surface area contributed by atoms with Crippen molar-refractivity contribution in [2.45, 2.75) is 18.0 Å². The standard InChI is InChI=1S/C17H15F3N2O3S/c18-17(19,20)12-6-7-13-14(8-12)22-16(23)15(21-13)10-26(24,25)9-11-4-2-1-3-5-11/h1-8,15,21H,9-10H2,(H,22,23). The predicted octanol–water partition coefficient (Wildman–Crippen LogP) is 3.05. The number of nitrogens with one attached hydrogen (secondary N) is 2. The topological polar surface area (TPSA) is 75.3 Å². The summed E-state index contributed by atoms with van der Waals surface area (Å²) >= 11 is 0. The first-order valence-corrected chi connectivity index (χ1v) is 9.49. The zero-order valence-corrected chi connectivity index (χ0v) is 14.2. The van der Waals surface area contributed by atoms with Crippen LogP contribution in [0.4, 0.5) is 24.5 Å². The van der Waals surface area contributed by atoms with E-state index in [1.807, 2.05) is 0 Å². The SMILES string of the molecule is O=C1Nc2cc(C(F)(F)F)ccc2NC1CS(=O)(=O)Cc1ccccc1. The number of hydrogen-bond donors (Lipinski definition) is 2. The van der Waals surface area contributed by atoms with Gasteiger partial charge in [0.05, 0.1) is 28.4 Å². The van der Waals surface area contributed by atoms with Crippen molar-refractivity contribution in [1.82, 2.24) is 0 Å². The fourth-order valence-corrected chi connectivity index (χ4v) is 4.24. The van der Waals surface area contributed by atoms with E-state index in [0.717, 1.165) is 12.1 Å². The van der Waals surface area contributed by atoms with Crippen molar-refractivity contribution >= 4 is 27.1 Å². The van der Waals surface area contributed by atoms with Crippen LogP contribution in [0.5, 0.6) is 0 Å². The highest BCUT2D eigenvalue weighted by Crippen LogP contribution is 2.35. The Morgan fingerprint density at radius 3 is 2.35 bits per heavy atom. The summed E-state index contributed by atoms with van der Waals surface area (Å²) in [5.41, 5.74) is -0.0773. The van der Waals surface area contributed by atoms with E-state index >= 15 is 0 Å². The van der Waals surface area contributed by atoms with E-state index in [-0.39, 0.29) is 17.1 Å². The molecular weight excluding hydrogens is 369 g/mol. The maximum Gasteiger partial charge on any atom is 0.416 e. The van der Waals surface area contributed by atoms with Crippen LogP contribution in [-0.2, 0) is 26.6 Å². The molecule has 3 rings (SSSR count). The van der Waals surface area contributed by atoms with Crippen LogP contribution in [0.25, 0.3) is 0 Å². The number of rotatable bonds is 4. The second-order valence-corrected chi connectivity index (χ2v) is 8.09. The molecule has 0 fully saturated rings. The number of hydrogen-bond acceptors (Lipinski definition) is 4. The van der Waals surface area contributed by atoms with Crippen LogP contribution >= 0.6 is 0 Å². The molecule has 0 aliphatic carbocycles. The molecule has 0 saturated heterocycles. The smallest absolute Gasteiger partial charge is 0.371 e. The van der Waals surface area contributed by atoms with Crippen LogP contribution in [0, 0.1) is 0 Å². The van der Waals surface area contributed by atoms with Gasteiger partial charge < -0.3 is 10.6 Å². The summed E-state index contributed by atoms with van der Waals surface area (Å²) in [6.45, 7) is 0. The number of sulfone groups is 1. The minimum atomic E-state index is -4.53. The molecule has 2 aromatic carbocycles. The number of alkyl halides is 3. The Labute approximate surface area is 148 Å². The molecule has 1 unspecified atom stereocenters. The third kappa shape index (κ3) is 4.16. The molecule has 0 bridgehead atoms. The second-order valence-electron chi connectivity index (χ2n) is 5.98. The van der Waals surface area contributed by atoms with Gasteiger partial charge in [-0.1, -0.05) is 30.3 Å². The second kappa shape index (κ2) is 6.64. The number of carbonyl (C=O) groups is 1. The third-order valence-corrected chi connectivity index (χ3v) is 5.52. The lowest BCUT2D eigenvalue weighted by molar-refractivity contribution is -0.137. The van der Waals surface area contributed by atoms with Crippen molar-refractivity contribution in [3.63, 3.8) is 0 Å². The highest BCUT2D eigenvalue weighted by Gasteiger charge is 2.34. The largest absolute Gasteiger partial charge is 0.416 e. The molecule has 138 valence electrons. The maximum absolute atomic E-state index is 12.7. The van der Waals surface area contributed by atoms with Crippen LogP contribution in [0.1, 0.15) is 11.1 Å². The Morgan fingerprint density at radius 2 is 1.69 bits per heavy atom. The molecule has 9 heteroatoms. The zero-order chi connectivity index (χ0) is 18.9. The van der Waals surface area contributed by atoms with E-state index in [1.165, 1.54) is 6.07 Å². The molecule has 2 aromatic rings. The highest BCUT2D eigenvalue weighted by molar-refractivity contribution is 7.90. The zero-order valence-electron chi connectivity index (χ0n) is 13.4. The monoisotopic (exact) mass is 384 g/mol. The van der Waals surface area contributed by atoms with Crippen molar-refractivity contribution in [2.75, 3.05) is 16.4 Å². The van der Waals surface area contributed by atoms with Gasteiger partial charge in [-0.05, 0) is 23.8 Å². The molecule has 0 saturated carbocycles. The number of amides is 1. The molecule has 1 amide bonds. The molecule has 2 N–H and O–H groups in total. The third-order valence-electron chi connectivity index (χ3n) is 3.90. The van der Waals surface area contributed by atoms with Gasteiger partial charge in [-0.25, -0.2) is 8.42 Å². The number of carbonyl (C=O) groups excluding carboxylic acids is 1. The molecule has 1 aliphatic rings. The Hall–Kier alpha value is -2.55. The lowest BCUT2D eigenvalue weighted by Crippen LogP contribution is -2.43. The molecule has 26 heavy (non-hydrogen) atoms. The first-order valence-electron chi connectivity index (χ1n) is 7.67. The van der Waals surface area contributed by atoms with E-state index in [4.69, 9.17) is 0 Å². The van der Waals surface area contributed by atoms with E-state index in [1.54, 1.807) is 30.3 Å². The highest BCUT2D eigenvalue weighted by atomic mass is 32.2. The average molecular weight is 384 g/mol. The van der Waals surface area contributed by atoms with Gasteiger partial charge in [0.2, 0.25) is 5.91 Å². The minimum Gasteiger partial charge on any atom is -0.371 e. The minimum absolute atomic E-state index is 0.0264. The Morgan fingerprint density at radius 1 is 1.00 bits per heavy atom. The molecule has 0 radical (unpaired) electrons. The van der Waals surface area contributed by atoms with Gasteiger partial charge in [-0.3, -0.25) is 4.79 Å². The quantitative estimate of drug-likeness (QED) is 0.850. The van der Waals surface area contributed by atoms with E-state index in [2.05, 4.69) is 10.6 Å². The molecule has 1 heterocycles. The van der Waals surface area contributed by atoms with Crippen LogP contribution in [0.15, 0.2) is 48.5 Å². The summed E-state index contributed by atoms with van der Waals surface area (Å²) < 4.78 is 62.9. The first-order chi connectivity index (χ1) is 12.1. The van der Waals surface area contributed by atoms with Crippen molar-refractivity contribution < 1.29 is 26.4 Å². The van der Waals surface area contributed by atoms with Gasteiger partial charge in [-0.2, -0.15) is 13.2 Å². The Balaban J connectivity index is 1.76. The molecule has 0 spiro atoms. The lowest BCUT2D eigenvalue weighted by atomic mass is 10.1. The Kier molecular flexibility index (Phi) is 4.66. The van der Waals surface area contributed by atoms with Gasteiger partial charge in [0, 0.05) is 0 Å². The summed E-state index contributed by atoms with van der Waals surface area (Å²) in [7, 11) is -3.60. The van der Waals surface area contributed by atoms with Crippen molar-refractivity contribution in [3.05, 3.63) is 59.7 Å². The fraction of sp³-hybridized carbons (Fsp3) is 0.235. The fourth-order valence-electron chi connectivity index (χ4n) is 2.68. The number of fused-ring (bicyclic) bond motifs is 1. The summed E-state index contributed by atoms with van der Waals surface area (Å²) in [5.74, 6) is -1.37. The molecule has 1 atom stereocenters. The number of halogens is 3. The molecule has 0 aromatic heterocycles. The summed E-state index contributed by atoms with van der Waals surface area (Å²) in [4.78, 5) is 12.1. The van der Waals surface area contributed by atoms with Gasteiger partial charge >= 0.3 is 6.18 Å². The summed E-state index contributed by atoms with van der Waals surface area (Å²) in [6.07, 6.45) is -4.53. The van der Waals surface area contributed by atoms with E-state index < -0.39 is 39.3 Å². The van der Waals surface area contributed by atoms with Gasteiger partial charge in [0.1, 0.15) is 6.04 Å². The maximum atomic E-state index is 12.7. The van der Waals surface area contributed by atoms with Crippen LogP contribution in [0.3, 0.4) is 0 Å². The van der Waals surface area contributed by atoms with Crippen LogP contribution < -0.4 is 10.6 Å². The molecule has 1 aliphatic heterocycles. The average Bonchev–Trinajstić information content (AvgIpc) is 2.54. The van der Waals surface area contributed by atoms with Crippen LogP contribution in [-0.4, -0.2) is 26.1 Å². The van der Waals surface area contributed by atoms with Crippen molar-refractivity contribution in [3.8, 4) is 0 Å². The number of anilines is 2. The summed E-state index contributed by atoms with van der Waals surface area (Å²) in [6, 6.07) is 10.3. The number of benzene rings is 2. The van der Waals surface area contributed by atoms with E-state index in [0.29, 0.717) is 5.56 Å². The van der Waals surface area contributed by atoms with Crippen LogP contribution in [0.2, 0.25) is 0 Å². The summed E-state index contributed by atoms with van der Waals surface area (Å²) in [5, 5.41) is 5.05. The predicted molar refractivity (Wildman–Crippen MR) is 91.4 cm³/mol. The van der Waals surface area contributed by atoms with Gasteiger partial charge in [0.25, 0.3) is 0 Å². The van der Waals surface area contributed by atoms with Gasteiger partial charge in [0.15, 0.2) is 9.84 Å². The Bertz CT molecular complexity index is 928. The first kappa shape index (κ1) is 18.2. The molecular formula is C17H15F3N2O3S. The van der Waals surface area contributed by atoms with Gasteiger partial charge in [-0.15, -0.1) is 0 Å². The van der Waals surface area contributed by atoms with Crippen molar-refractivity contribution in [1.29, 1.82) is 0 Å².